The highest BCUT2D eigenvalue weighted by Crippen LogP contribution is 2.36. The number of fused-ring (bicyclic) bond motifs is 1. The number of amides is 1. The van der Waals surface area contributed by atoms with Crippen molar-refractivity contribution in [2.45, 2.75) is 6.92 Å². The van der Waals surface area contributed by atoms with Gasteiger partial charge >= 0.3 is 0 Å². The molecule has 0 atom stereocenters. The molecule has 6 nitrogen and oxygen atoms in total. The quantitative estimate of drug-likeness (QED) is 0.469. The minimum absolute atomic E-state index is 0.238. The average molecular weight is 420 g/mol. The van der Waals surface area contributed by atoms with Gasteiger partial charge < -0.3 is 20.5 Å². The first-order chi connectivity index (χ1) is 14.5. The van der Waals surface area contributed by atoms with Gasteiger partial charge in [0, 0.05) is 16.6 Å². The number of nitrogens with one attached hydrogen (secondary N) is 1. The van der Waals surface area contributed by atoms with Gasteiger partial charge in [-0.3, -0.25) is 4.79 Å². The second kappa shape index (κ2) is 8.04. The van der Waals surface area contributed by atoms with Crippen LogP contribution in [0, 0.1) is 6.92 Å². The van der Waals surface area contributed by atoms with Crippen molar-refractivity contribution in [3.63, 3.8) is 0 Å². The number of pyridine rings is 1. The van der Waals surface area contributed by atoms with Crippen LogP contribution < -0.4 is 20.5 Å². The molecule has 0 spiro atoms. The smallest absolute Gasteiger partial charge is 0.267 e. The molecule has 0 aliphatic carbocycles. The summed E-state index contributed by atoms with van der Waals surface area (Å²) in [5, 5.41) is 3.70. The van der Waals surface area contributed by atoms with Gasteiger partial charge in [0.2, 0.25) is 0 Å². The molecule has 4 aromatic rings. The van der Waals surface area contributed by atoms with E-state index in [9.17, 15) is 4.79 Å². The Bertz CT molecular complexity index is 1250. The third kappa shape index (κ3) is 3.55. The number of carbonyl (C=O) groups is 1. The van der Waals surface area contributed by atoms with Crippen molar-refractivity contribution in [3.05, 3.63) is 65.0 Å². The van der Waals surface area contributed by atoms with E-state index in [-0.39, 0.29) is 5.91 Å². The zero-order chi connectivity index (χ0) is 21.3. The van der Waals surface area contributed by atoms with Gasteiger partial charge in [0.25, 0.3) is 5.91 Å². The first-order valence-electron chi connectivity index (χ1n) is 9.30. The van der Waals surface area contributed by atoms with Crippen LogP contribution in [0.3, 0.4) is 0 Å². The Labute approximate surface area is 178 Å². The standard InChI is InChI=1S/C23H21N3O3S/c1-13-6-4-5-7-16(13)25-22(27)21-20(24)15-9-10-17(26-23(15)30-21)14-8-11-18(28-2)19(12-14)29-3/h4-12H,24H2,1-3H3,(H,25,27). The van der Waals surface area contributed by atoms with E-state index in [4.69, 9.17) is 20.2 Å². The number of methoxy groups -OCH3 is 2. The molecule has 3 N–H and O–H groups in total. The lowest BCUT2D eigenvalue weighted by molar-refractivity contribution is 0.103. The number of aryl methyl sites for hydroxylation is 1. The molecule has 1 amide bonds. The third-order valence-electron chi connectivity index (χ3n) is 4.87. The van der Waals surface area contributed by atoms with Gasteiger partial charge in [-0.15, -0.1) is 11.3 Å². The van der Waals surface area contributed by atoms with Gasteiger partial charge in [0.05, 0.1) is 25.6 Å². The highest BCUT2D eigenvalue weighted by molar-refractivity contribution is 7.21. The Morgan fingerprint density at radius 3 is 2.53 bits per heavy atom. The first-order valence-corrected chi connectivity index (χ1v) is 10.1. The summed E-state index contributed by atoms with van der Waals surface area (Å²) in [7, 11) is 3.19. The molecule has 0 aliphatic heterocycles. The molecule has 2 aromatic heterocycles. The predicted molar refractivity (Wildman–Crippen MR) is 122 cm³/mol. The van der Waals surface area contributed by atoms with E-state index < -0.39 is 0 Å². The fourth-order valence-electron chi connectivity index (χ4n) is 3.21. The Hall–Kier alpha value is -3.58. The number of nitrogens with zero attached hydrogens (tertiary/aromatic N) is 1. The van der Waals surface area contributed by atoms with Crippen LogP contribution in [0.5, 0.6) is 11.5 Å². The Morgan fingerprint density at radius 2 is 1.80 bits per heavy atom. The van der Waals surface area contributed by atoms with E-state index in [1.54, 1.807) is 14.2 Å². The molecule has 7 heteroatoms. The number of aromatic nitrogens is 1. The molecule has 152 valence electrons. The molecule has 0 unspecified atom stereocenters. The normalized spacial score (nSPS) is 10.8. The molecular weight excluding hydrogens is 398 g/mol. The van der Waals surface area contributed by atoms with Gasteiger partial charge in [-0.2, -0.15) is 0 Å². The van der Waals surface area contributed by atoms with E-state index in [0.29, 0.717) is 26.9 Å². The molecule has 4 rings (SSSR count). The van der Waals surface area contributed by atoms with Crippen molar-refractivity contribution >= 4 is 38.8 Å². The van der Waals surface area contributed by atoms with Crippen LogP contribution in [0.1, 0.15) is 15.2 Å². The Balaban J connectivity index is 1.70. The monoisotopic (exact) mass is 419 g/mol. The van der Waals surface area contributed by atoms with Crippen LogP contribution in [0.4, 0.5) is 11.4 Å². The number of nitrogen functional groups attached to an aromatic ring is 1. The number of nitrogens with two attached hydrogens (primary N) is 1. The summed E-state index contributed by atoms with van der Waals surface area (Å²) in [4.78, 5) is 18.7. The van der Waals surface area contributed by atoms with Crippen LogP contribution in [0.2, 0.25) is 0 Å². The average Bonchev–Trinajstić information content (AvgIpc) is 3.10. The number of thiophene rings is 1. The van der Waals surface area contributed by atoms with E-state index in [0.717, 1.165) is 27.9 Å². The molecule has 2 heterocycles. The van der Waals surface area contributed by atoms with E-state index >= 15 is 0 Å². The molecule has 30 heavy (non-hydrogen) atoms. The first kappa shape index (κ1) is 19.7. The Morgan fingerprint density at radius 1 is 1.03 bits per heavy atom. The van der Waals surface area contributed by atoms with E-state index in [1.165, 1.54) is 11.3 Å². The third-order valence-corrected chi connectivity index (χ3v) is 5.99. The molecule has 0 aliphatic rings. The van der Waals surface area contributed by atoms with Crippen molar-refractivity contribution in [2.24, 2.45) is 0 Å². The van der Waals surface area contributed by atoms with Gasteiger partial charge in [-0.25, -0.2) is 4.98 Å². The lowest BCUT2D eigenvalue weighted by Crippen LogP contribution is -2.12. The largest absolute Gasteiger partial charge is 0.493 e. The number of hydrogen-bond acceptors (Lipinski definition) is 6. The SMILES string of the molecule is COc1ccc(-c2ccc3c(N)c(C(=O)Nc4ccccc4C)sc3n2)cc1OC. The molecule has 0 bridgehead atoms. The van der Waals surface area contributed by atoms with Gasteiger partial charge in [0.15, 0.2) is 11.5 Å². The zero-order valence-corrected chi connectivity index (χ0v) is 17.7. The summed E-state index contributed by atoms with van der Waals surface area (Å²) < 4.78 is 10.7. The van der Waals surface area contributed by atoms with Crippen molar-refractivity contribution in [1.82, 2.24) is 4.98 Å². The van der Waals surface area contributed by atoms with Gasteiger partial charge in [-0.05, 0) is 48.9 Å². The number of ether oxygens (including phenoxy) is 2. The summed E-state index contributed by atoms with van der Waals surface area (Å²) in [5.74, 6) is 1.04. The highest BCUT2D eigenvalue weighted by atomic mass is 32.1. The molecular formula is C23H21N3O3S. The summed E-state index contributed by atoms with van der Waals surface area (Å²) in [6.45, 7) is 1.95. The maximum absolute atomic E-state index is 12.8. The lowest BCUT2D eigenvalue weighted by Gasteiger charge is -2.09. The molecule has 0 fully saturated rings. The van der Waals surface area contributed by atoms with E-state index in [1.807, 2.05) is 61.5 Å². The van der Waals surface area contributed by atoms with E-state index in [2.05, 4.69) is 5.32 Å². The van der Waals surface area contributed by atoms with Crippen LogP contribution in [-0.2, 0) is 0 Å². The fraction of sp³-hybridized carbons (Fsp3) is 0.130. The lowest BCUT2D eigenvalue weighted by atomic mass is 10.1. The number of anilines is 2. The van der Waals surface area contributed by atoms with Crippen molar-refractivity contribution in [2.75, 3.05) is 25.3 Å². The number of rotatable bonds is 5. The second-order valence-corrected chi connectivity index (χ2v) is 7.73. The number of carbonyl (C=O) groups excluding carboxylic acids is 1. The number of hydrogen-bond donors (Lipinski definition) is 2. The maximum Gasteiger partial charge on any atom is 0.267 e. The minimum Gasteiger partial charge on any atom is -0.493 e. The van der Waals surface area contributed by atoms with Gasteiger partial charge in [-0.1, -0.05) is 18.2 Å². The summed E-state index contributed by atoms with van der Waals surface area (Å²) in [6.07, 6.45) is 0. The molecule has 0 saturated heterocycles. The van der Waals surface area contributed by atoms with Crippen molar-refractivity contribution in [3.8, 4) is 22.8 Å². The predicted octanol–water partition coefficient (Wildman–Crippen LogP) is 5.12. The van der Waals surface area contributed by atoms with Crippen molar-refractivity contribution in [1.29, 1.82) is 0 Å². The van der Waals surface area contributed by atoms with Crippen LogP contribution in [-0.4, -0.2) is 25.1 Å². The maximum atomic E-state index is 12.8. The topological polar surface area (TPSA) is 86.5 Å². The summed E-state index contributed by atoms with van der Waals surface area (Å²) in [6, 6.07) is 17.0. The van der Waals surface area contributed by atoms with Crippen molar-refractivity contribution < 1.29 is 14.3 Å². The minimum atomic E-state index is -0.238. The number of para-hydroxylation sites is 1. The summed E-state index contributed by atoms with van der Waals surface area (Å²) in [5.41, 5.74) is 10.1. The molecule has 0 saturated carbocycles. The summed E-state index contributed by atoms with van der Waals surface area (Å²) >= 11 is 1.28. The van der Waals surface area contributed by atoms with Gasteiger partial charge in [0.1, 0.15) is 9.71 Å². The zero-order valence-electron chi connectivity index (χ0n) is 16.9. The molecule has 0 radical (unpaired) electrons. The fourth-order valence-corrected chi connectivity index (χ4v) is 4.20. The van der Waals surface area contributed by atoms with Crippen LogP contribution in [0.15, 0.2) is 54.6 Å². The number of benzene rings is 2. The van der Waals surface area contributed by atoms with Crippen LogP contribution >= 0.6 is 11.3 Å². The van der Waals surface area contributed by atoms with Crippen LogP contribution in [0.25, 0.3) is 21.5 Å². The second-order valence-electron chi connectivity index (χ2n) is 6.73. The highest BCUT2D eigenvalue weighted by Gasteiger charge is 2.19. The Kier molecular flexibility index (Phi) is 5.29. The molecule has 2 aromatic carbocycles.